The lowest BCUT2D eigenvalue weighted by molar-refractivity contribution is 0.413. The summed E-state index contributed by atoms with van der Waals surface area (Å²) in [7, 11) is 0. The van der Waals surface area contributed by atoms with Crippen molar-refractivity contribution in [3.05, 3.63) is 39.6 Å². The highest BCUT2D eigenvalue weighted by Crippen LogP contribution is 2.34. The van der Waals surface area contributed by atoms with Crippen LogP contribution in [0.2, 0.25) is 10.0 Å². The molecule has 0 saturated heterocycles. The summed E-state index contributed by atoms with van der Waals surface area (Å²) in [6.45, 7) is 3.07. The molecular weight excluding hydrogens is 349 g/mol. The first kappa shape index (κ1) is 17.1. The molecule has 1 saturated carbocycles. The van der Waals surface area contributed by atoms with Gasteiger partial charge in [0.05, 0.1) is 0 Å². The molecule has 3 rings (SSSR count). The molecule has 0 spiro atoms. The third-order valence-corrected chi connectivity index (χ3v) is 6.01. The van der Waals surface area contributed by atoms with Crippen LogP contribution in [0.5, 0.6) is 0 Å². The lowest BCUT2D eigenvalue weighted by atomic mass is 9.89. The van der Waals surface area contributed by atoms with Crippen LogP contribution in [0.3, 0.4) is 0 Å². The van der Waals surface area contributed by atoms with Gasteiger partial charge in [0.25, 0.3) is 0 Å². The third-order valence-electron chi connectivity index (χ3n) is 4.40. The molecule has 0 amide bonds. The fourth-order valence-electron chi connectivity index (χ4n) is 3.15. The second-order valence-corrected chi connectivity index (χ2v) is 7.73. The van der Waals surface area contributed by atoms with Crippen LogP contribution in [0.25, 0.3) is 0 Å². The molecule has 1 aromatic carbocycles. The van der Waals surface area contributed by atoms with Gasteiger partial charge in [0.15, 0.2) is 5.16 Å². The number of benzene rings is 1. The Morgan fingerprint density at radius 2 is 1.96 bits per heavy atom. The van der Waals surface area contributed by atoms with E-state index >= 15 is 0 Å². The van der Waals surface area contributed by atoms with Gasteiger partial charge in [-0.3, -0.25) is 0 Å². The van der Waals surface area contributed by atoms with Crippen LogP contribution in [0, 0.1) is 0 Å². The van der Waals surface area contributed by atoms with Gasteiger partial charge in [-0.15, -0.1) is 10.2 Å². The van der Waals surface area contributed by atoms with Gasteiger partial charge in [-0.1, -0.05) is 60.3 Å². The summed E-state index contributed by atoms with van der Waals surface area (Å²) < 4.78 is 2.27. The van der Waals surface area contributed by atoms with Crippen LogP contribution in [0.1, 0.15) is 56.3 Å². The van der Waals surface area contributed by atoms with Gasteiger partial charge in [-0.2, -0.15) is 0 Å². The number of rotatable bonds is 5. The van der Waals surface area contributed by atoms with E-state index in [1.165, 1.54) is 32.1 Å². The molecule has 23 heavy (non-hydrogen) atoms. The SMILES string of the molecule is CCn1c(SCc2ccc(Cl)cc2Cl)nnc1C1CCCCC1. The number of halogens is 2. The summed E-state index contributed by atoms with van der Waals surface area (Å²) in [5.41, 5.74) is 1.07. The fraction of sp³-hybridized carbons (Fsp3) is 0.529. The fourth-order valence-corrected chi connectivity index (χ4v) is 4.72. The first-order valence-electron chi connectivity index (χ1n) is 8.19. The van der Waals surface area contributed by atoms with Gasteiger partial charge in [0.1, 0.15) is 5.82 Å². The van der Waals surface area contributed by atoms with E-state index in [2.05, 4.69) is 21.7 Å². The maximum absolute atomic E-state index is 6.26. The van der Waals surface area contributed by atoms with Crippen molar-refractivity contribution in [2.75, 3.05) is 0 Å². The van der Waals surface area contributed by atoms with Gasteiger partial charge >= 0.3 is 0 Å². The van der Waals surface area contributed by atoms with E-state index in [4.69, 9.17) is 23.2 Å². The Kier molecular flexibility index (Phi) is 5.89. The summed E-state index contributed by atoms with van der Waals surface area (Å²) in [4.78, 5) is 0. The average Bonchev–Trinajstić information content (AvgIpc) is 2.98. The van der Waals surface area contributed by atoms with Gasteiger partial charge in [-0.05, 0) is 37.5 Å². The van der Waals surface area contributed by atoms with Crippen LogP contribution in [0.4, 0.5) is 0 Å². The molecule has 1 aliphatic carbocycles. The predicted octanol–water partition coefficient (Wildman–Crippen LogP) is 5.94. The van der Waals surface area contributed by atoms with Gasteiger partial charge in [0, 0.05) is 28.3 Å². The van der Waals surface area contributed by atoms with Gasteiger partial charge in [-0.25, -0.2) is 0 Å². The molecule has 124 valence electrons. The quantitative estimate of drug-likeness (QED) is 0.610. The van der Waals surface area contributed by atoms with Gasteiger partial charge < -0.3 is 4.57 Å². The van der Waals surface area contributed by atoms with Crippen molar-refractivity contribution in [2.45, 2.75) is 62.4 Å². The zero-order chi connectivity index (χ0) is 16.2. The van der Waals surface area contributed by atoms with E-state index in [1.807, 2.05) is 12.1 Å². The molecule has 0 bridgehead atoms. The molecule has 1 fully saturated rings. The molecule has 2 aromatic rings. The average molecular weight is 370 g/mol. The summed E-state index contributed by atoms with van der Waals surface area (Å²) in [6.07, 6.45) is 6.46. The van der Waals surface area contributed by atoms with Crippen LogP contribution in [0.15, 0.2) is 23.4 Å². The Labute approximate surface area is 151 Å². The molecule has 0 N–H and O–H groups in total. The topological polar surface area (TPSA) is 30.7 Å². The maximum Gasteiger partial charge on any atom is 0.191 e. The standard InChI is InChI=1S/C17H21Cl2N3S/c1-2-22-16(12-6-4-3-5-7-12)20-21-17(22)23-11-13-8-9-14(18)10-15(13)19/h8-10,12H,2-7,11H2,1H3. The van der Waals surface area contributed by atoms with Crippen molar-refractivity contribution in [2.24, 2.45) is 0 Å². The number of hydrogen-bond acceptors (Lipinski definition) is 3. The van der Waals surface area contributed by atoms with E-state index in [0.29, 0.717) is 16.0 Å². The van der Waals surface area contributed by atoms with E-state index < -0.39 is 0 Å². The van der Waals surface area contributed by atoms with E-state index in [9.17, 15) is 0 Å². The molecule has 3 nitrogen and oxygen atoms in total. The Morgan fingerprint density at radius 1 is 1.17 bits per heavy atom. The lowest BCUT2D eigenvalue weighted by Crippen LogP contribution is -2.12. The number of hydrogen-bond donors (Lipinski definition) is 0. The predicted molar refractivity (Wildman–Crippen MR) is 97.5 cm³/mol. The molecular formula is C17H21Cl2N3S. The zero-order valence-corrected chi connectivity index (χ0v) is 15.6. The van der Waals surface area contributed by atoms with Crippen molar-refractivity contribution < 1.29 is 0 Å². The van der Waals surface area contributed by atoms with Crippen LogP contribution < -0.4 is 0 Å². The number of nitrogens with zero attached hydrogens (tertiary/aromatic N) is 3. The molecule has 0 radical (unpaired) electrons. The van der Waals surface area contributed by atoms with E-state index in [1.54, 1.807) is 17.8 Å². The first-order chi connectivity index (χ1) is 11.2. The third kappa shape index (κ3) is 4.04. The number of aromatic nitrogens is 3. The smallest absolute Gasteiger partial charge is 0.191 e. The minimum Gasteiger partial charge on any atom is -0.306 e. The van der Waals surface area contributed by atoms with Crippen LogP contribution in [-0.2, 0) is 12.3 Å². The lowest BCUT2D eigenvalue weighted by Gasteiger charge is -2.21. The van der Waals surface area contributed by atoms with Crippen molar-refractivity contribution in [3.8, 4) is 0 Å². The monoisotopic (exact) mass is 369 g/mol. The van der Waals surface area contributed by atoms with Crippen molar-refractivity contribution >= 4 is 35.0 Å². The second-order valence-electron chi connectivity index (χ2n) is 5.94. The molecule has 1 aromatic heterocycles. The Hall–Kier alpha value is -0.710. The minimum absolute atomic E-state index is 0.574. The summed E-state index contributed by atoms with van der Waals surface area (Å²) in [6, 6.07) is 5.64. The van der Waals surface area contributed by atoms with E-state index in [0.717, 1.165) is 28.8 Å². The van der Waals surface area contributed by atoms with Gasteiger partial charge in [0.2, 0.25) is 0 Å². The number of thioether (sulfide) groups is 1. The highest BCUT2D eigenvalue weighted by Gasteiger charge is 2.22. The Balaban J connectivity index is 1.73. The molecule has 1 heterocycles. The molecule has 0 aliphatic heterocycles. The summed E-state index contributed by atoms with van der Waals surface area (Å²) >= 11 is 13.9. The van der Waals surface area contributed by atoms with Crippen LogP contribution >= 0.6 is 35.0 Å². The largest absolute Gasteiger partial charge is 0.306 e. The maximum atomic E-state index is 6.26. The highest BCUT2D eigenvalue weighted by atomic mass is 35.5. The normalized spacial score (nSPS) is 16.0. The highest BCUT2D eigenvalue weighted by molar-refractivity contribution is 7.98. The molecule has 6 heteroatoms. The van der Waals surface area contributed by atoms with Crippen molar-refractivity contribution in [1.29, 1.82) is 0 Å². The summed E-state index contributed by atoms with van der Waals surface area (Å²) in [5, 5.41) is 11.3. The molecule has 0 unspecified atom stereocenters. The van der Waals surface area contributed by atoms with Crippen molar-refractivity contribution in [1.82, 2.24) is 14.8 Å². The Bertz CT molecular complexity index is 666. The second kappa shape index (κ2) is 7.91. The van der Waals surface area contributed by atoms with Crippen molar-refractivity contribution in [3.63, 3.8) is 0 Å². The zero-order valence-electron chi connectivity index (χ0n) is 13.3. The first-order valence-corrected chi connectivity index (χ1v) is 9.93. The van der Waals surface area contributed by atoms with Crippen LogP contribution in [-0.4, -0.2) is 14.8 Å². The summed E-state index contributed by atoms with van der Waals surface area (Å²) in [5.74, 6) is 2.51. The molecule has 0 atom stereocenters. The molecule has 1 aliphatic rings. The minimum atomic E-state index is 0.574. The van der Waals surface area contributed by atoms with E-state index in [-0.39, 0.29) is 0 Å². The Morgan fingerprint density at radius 3 is 2.65 bits per heavy atom.